The van der Waals surface area contributed by atoms with E-state index in [1.54, 1.807) is 0 Å². The molecule has 2 nitrogen and oxygen atoms in total. The Morgan fingerprint density at radius 2 is 1.50 bits per heavy atom. The van der Waals surface area contributed by atoms with E-state index in [1.807, 2.05) is 6.92 Å². The molecule has 0 aliphatic carbocycles. The Balaban J connectivity index is 4.66. The van der Waals surface area contributed by atoms with E-state index in [9.17, 15) is 13.6 Å². The van der Waals surface area contributed by atoms with Crippen molar-refractivity contribution < 1.29 is 18.7 Å². The Labute approximate surface area is 109 Å². The van der Waals surface area contributed by atoms with Crippen LogP contribution in [0.15, 0.2) is 0 Å². The summed E-state index contributed by atoms with van der Waals surface area (Å²) in [6, 6.07) is 0. The highest BCUT2D eigenvalue weighted by Gasteiger charge is 2.55. The van der Waals surface area contributed by atoms with Gasteiger partial charge >= 0.3 is 11.9 Å². The lowest BCUT2D eigenvalue weighted by atomic mass is 9.74. The normalized spacial score (nSPS) is 15.4. The van der Waals surface area contributed by atoms with E-state index in [0.717, 1.165) is 25.7 Å². The first-order valence-corrected chi connectivity index (χ1v) is 6.93. The molecule has 0 aromatic carbocycles. The van der Waals surface area contributed by atoms with Crippen LogP contribution in [0.4, 0.5) is 8.78 Å². The lowest BCUT2D eigenvalue weighted by Gasteiger charge is -2.35. The summed E-state index contributed by atoms with van der Waals surface area (Å²) >= 11 is 0. The molecule has 0 aliphatic rings. The summed E-state index contributed by atoms with van der Waals surface area (Å²) in [4.78, 5) is 10.8. The van der Waals surface area contributed by atoms with Crippen LogP contribution in [0, 0.1) is 5.41 Å². The fourth-order valence-electron chi connectivity index (χ4n) is 2.21. The van der Waals surface area contributed by atoms with E-state index in [-0.39, 0.29) is 12.8 Å². The number of hydrogen-bond acceptors (Lipinski definition) is 1. The third-order valence-electron chi connectivity index (χ3n) is 3.69. The second kappa shape index (κ2) is 7.70. The Kier molecular flexibility index (Phi) is 7.41. The molecule has 0 heterocycles. The Morgan fingerprint density at radius 1 is 1.00 bits per heavy atom. The van der Waals surface area contributed by atoms with Crippen LogP contribution in [0.3, 0.4) is 0 Å². The molecule has 0 aliphatic heterocycles. The number of hydrogen-bond donors (Lipinski definition) is 1. The number of carboxylic acid groups (broad SMARTS) is 1. The molecule has 0 spiro atoms. The van der Waals surface area contributed by atoms with E-state index in [1.165, 1.54) is 6.92 Å². The maximum absolute atomic E-state index is 13.8. The number of rotatable bonds is 10. The quantitative estimate of drug-likeness (QED) is 0.571. The van der Waals surface area contributed by atoms with Crippen LogP contribution in [-0.2, 0) is 4.79 Å². The van der Waals surface area contributed by atoms with Crippen LogP contribution in [0.5, 0.6) is 0 Å². The summed E-state index contributed by atoms with van der Waals surface area (Å²) in [5.74, 6) is -5.62. The van der Waals surface area contributed by atoms with Gasteiger partial charge in [0.15, 0.2) is 0 Å². The summed E-state index contributed by atoms with van der Waals surface area (Å²) in [6.07, 6.45) is 5.64. The van der Waals surface area contributed by atoms with Gasteiger partial charge < -0.3 is 5.11 Å². The maximum Gasteiger partial charge on any atom is 0.375 e. The molecule has 0 saturated carbocycles. The summed E-state index contributed by atoms with van der Waals surface area (Å²) in [5, 5.41) is 8.73. The van der Waals surface area contributed by atoms with E-state index in [4.69, 9.17) is 5.11 Å². The van der Waals surface area contributed by atoms with E-state index < -0.39 is 17.3 Å². The minimum Gasteiger partial charge on any atom is -0.477 e. The highest BCUT2D eigenvalue weighted by molar-refractivity contribution is 5.76. The standard InChI is InChI=1S/C14H26F2O2/c1-4-6-8-9-11-13(3,10-7-5-2)14(15,16)12(17)18/h4-11H2,1-3H3,(H,17,18). The van der Waals surface area contributed by atoms with Crippen molar-refractivity contribution >= 4 is 5.97 Å². The molecule has 0 rings (SSSR count). The van der Waals surface area contributed by atoms with Gasteiger partial charge in [-0.2, -0.15) is 8.78 Å². The first kappa shape index (κ1) is 17.3. The number of carboxylic acids is 1. The number of carbonyl (C=O) groups is 1. The van der Waals surface area contributed by atoms with Crippen molar-refractivity contribution in [2.75, 3.05) is 0 Å². The predicted octanol–water partition coefficient (Wildman–Crippen LogP) is 4.87. The van der Waals surface area contributed by atoms with Crippen LogP contribution >= 0.6 is 0 Å². The molecular weight excluding hydrogens is 238 g/mol. The van der Waals surface area contributed by atoms with Crippen LogP contribution in [-0.4, -0.2) is 17.0 Å². The molecule has 0 saturated heterocycles. The lowest BCUT2D eigenvalue weighted by molar-refractivity contribution is -0.188. The van der Waals surface area contributed by atoms with E-state index >= 15 is 0 Å². The monoisotopic (exact) mass is 264 g/mol. The molecule has 4 heteroatoms. The third-order valence-corrected chi connectivity index (χ3v) is 3.69. The van der Waals surface area contributed by atoms with Gasteiger partial charge in [-0.25, -0.2) is 4.79 Å². The Bertz CT molecular complexity index is 254. The van der Waals surface area contributed by atoms with Gasteiger partial charge in [0.2, 0.25) is 0 Å². The van der Waals surface area contributed by atoms with Gasteiger partial charge in [-0.3, -0.25) is 0 Å². The zero-order chi connectivity index (χ0) is 14.2. The Morgan fingerprint density at radius 3 is 1.94 bits per heavy atom. The largest absolute Gasteiger partial charge is 0.477 e. The van der Waals surface area contributed by atoms with Crippen molar-refractivity contribution in [3.05, 3.63) is 0 Å². The molecule has 1 unspecified atom stereocenters. The average molecular weight is 264 g/mol. The minimum atomic E-state index is -3.63. The van der Waals surface area contributed by atoms with Crippen LogP contribution in [0.1, 0.15) is 72.1 Å². The fraction of sp³-hybridized carbons (Fsp3) is 0.929. The lowest BCUT2D eigenvalue weighted by Crippen LogP contribution is -2.45. The van der Waals surface area contributed by atoms with Gasteiger partial charge in [0, 0.05) is 5.41 Å². The zero-order valence-corrected chi connectivity index (χ0v) is 11.8. The van der Waals surface area contributed by atoms with E-state index in [2.05, 4.69) is 6.92 Å². The molecular formula is C14H26F2O2. The van der Waals surface area contributed by atoms with Crippen LogP contribution in [0.25, 0.3) is 0 Å². The zero-order valence-electron chi connectivity index (χ0n) is 11.8. The molecule has 0 aromatic rings. The number of halogens is 2. The molecule has 0 radical (unpaired) electrons. The van der Waals surface area contributed by atoms with Crippen molar-refractivity contribution in [3.63, 3.8) is 0 Å². The molecule has 0 aromatic heterocycles. The minimum absolute atomic E-state index is 0.273. The molecule has 0 fully saturated rings. The Hall–Kier alpha value is -0.670. The number of aliphatic carboxylic acids is 1. The van der Waals surface area contributed by atoms with Crippen molar-refractivity contribution in [1.29, 1.82) is 0 Å². The van der Waals surface area contributed by atoms with Gasteiger partial charge in [0.1, 0.15) is 0 Å². The second-order valence-corrected chi connectivity index (χ2v) is 5.35. The topological polar surface area (TPSA) is 37.3 Å². The summed E-state index contributed by atoms with van der Waals surface area (Å²) < 4.78 is 27.7. The molecule has 18 heavy (non-hydrogen) atoms. The first-order chi connectivity index (χ1) is 8.31. The molecule has 1 atom stereocenters. The van der Waals surface area contributed by atoms with Gasteiger partial charge in [0.05, 0.1) is 0 Å². The van der Waals surface area contributed by atoms with Crippen molar-refractivity contribution in [3.8, 4) is 0 Å². The second-order valence-electron chi connectivity index (χ2n) is 5.35. The smallest absolute Gasteiger partial charge is 0.375 e. The van der Waals surface area contributed by atoms with Crippen molar-refractivity contribution in [2.24, 2.45) is 5.41 Å². The first-order valence-electron chi connectivity index (χ1n) is 6.93. The average Bonchev–Trinajstić information content (AvgIpc) is 2.31. The van der Waals surface area contributed by atoms with Crippen LogP contribution < -0.4 is 0 Å². The predicted molar refractivity (Wildman–Crippen MR) is 69.0 cm³/mol. The summed E-state index contributed by atoms with van der Waals surface area (Å²) in [6.45, 7) is 5.40. The van der Waals surface area contributed by atoms with Gasteiger partial charge in [-0.15, -0.1) is 0 Å². The highest BCUT2D eigenvalue weighted by Crippen LogP contribution is 2.45. The van der Waals surface area contributed by atoms with E-state index in [0.29, 0.717) is 12.8 Å². The molecule has 1 N–H and O–H groups in total. The summed E-state index contributed by atoms with van der Waals surface area (Å²) in [5.41, 5.74) is -1.41. The third kappa shape index (κ3) is 4.54. The molecule has 0 amide bonds. The number of alkyl halides is 2. The van der Waals surface area contributed by atoms with Crippen molar-refractivity contribution in [2.45, 2.75) is 78.1 Å². The number of unbranched alkanes of at least 4 members (excludes halogenated alkanes) is 4. The maximum atomic E-state index is 13.8. The SMILES string of the molecule is CCCCCCC(C)(CCCC)C(F)(F)C(=O)O. The van der Waals surface area contributed by atoms with Gasteiger partial charge in [-0.05, 0) is 12.8 Å². The van der Waals surface area contributed by atoms with Gasteiger partial charge in [-0.1, -0.05) is 59.3 Å². The van der Waals surface area contributed by atoms with Crippen LogP contribution in [0.2, 0.25) is 0 Å². The summed E-state index contributed by atoms with van der Waals surface area (Å²) in [7, 11) is 0. The van der Waals surface area contributed by atoms with Crippen molar-refractivity contribution in [1.82, 2.24) is 0 Å². The molecule has 0 bridgehead atoms. The molecule has 108 valence electrons. The highest BCUT2D eigenvalue weighted by atomic mass is 19.3. The van der Waals surface area contributed by atoms with Gasteiger partial charge in [0.25, 0.3) is 0 Å². The fourth-order valence-corrected chi connectivity index (χ4v) is 2.21.